The van der Waals surface area contributed by atoms with Crippen LogP contribution in [0.2, 0.25) is 0 Å². The fraction of sp³-hybridized carbons (Fsp3) is 0. The van der Waals surface area contributed by atoms with Crippen LogP contribution in [0.3, 0.4) is 0 Å². The third-order valence-corrected chi connectivity index (χ3v) is 9.64. The van der Waals surface area contributed by atoms with Crippen LogP contribution in [0.4, 0.5) is 0 Å². The van der Waals surface area contributed by atoms with Crippen LogP contribution in [-0.4, -0.2) is 13.7 Å². The second-order valence-corrected chi connectivity index (χ2v) is 12.1. The zero-order chi connectivity index (χ0) is 31.1. The van der Waals surface area contributed by atoms with Gasteiger partial charge in [-0.1, -0.05) is 97.1 Å². The van der Waals surface area contributed by atoms with Crippen molar-refractivity contribution in [1.29, 1.82) is 5.26 Å². The molecule has 0 N–H and O–H groups in total. The normalized spacial score (nSPS) is 11.8. The quantitative estimate of drug-likeness (QED) is 0.199. The molecule has 7 aromatic carbocycles. The Balaban J connectivity index is 1.41. The second kappa shape index (κ2) is 9.71. The highest BCUT2D eigenvalue weighted by atomic mass is 15.0. The number of para-hydroxylation sites is 5. The Hall–Kier alpha value is -6.57. The minimum Gasteiger partial charge on any atom is -0.309 e. The minimum absolute atomic E-state index is 0.668. The molecule has 4 heteroatoms. The van der Waals surface area contributed by atoms with Gasteiger partial charge in [-0.3, -0.25) is 0 Å². The maximum atomic E-state index is 10.7. The summed E-state index contributed by atoms with van der Waals surface area (Å²) in [4.78, 5) is 0. The third kappa shape index (κ3) is 3.51. The van der Waals surface area contributed by atoms with E-state index < -0.39 is 0 Å². The van der Waals surface area contributed by atoms with Crippen LogP contribution in [0.25, 0.3) is 82.5 Å². The Morgan fingerprint density at radius 2 is 0.851 bits per heavy atom. The topological polar surface area (TPSA) is 38.6 Å². The lowest BCUT2D eigenvalue weighted by atomic mass is 10.0. The number of nitrogens with zero attached hydrogens (tertiary/aromatic N) is 4. The van der Waals surface area contributed by atoms with Crippen molar-refractivity contribution >= 4 is 65.4 Å². The lowest BCUT2D eigenvalue weighted by Gasteiger charge is -2.12. The van der Waals surface area contributed by atoms with E-state index in [1.807, 2.05) is 6.07 Å². The van der Waals surface area contributed by atoms with Gasteiger partial charge in [-0.05, 0) is 60.7 Å². The Morgan fingerprint density at radius 3 is 1.49 bits per heavy atom. The van der Waals surface area contributed by atoms with Crippen LogP contribution in [0.1, 0.15) is 5.56 Å². The molecule has 0 aliphatic rings. The zero-order valence-corrected chi connectivity index (χ0v) is 25.3. The summed E-state index contributed by atoms with van der Waals surface area (Å²) >= 11 is 0. The van der Waals surface area contributed by atoms with E-state index in [9.17, 15) is 5.26 Å². The van der Waals surface area contributed by atoms with Gasteiger partial charge >= 0.3 is 0 Å². The van der Waals surface area contributed by atoms with E-state index in [0.717, 1.165) is 66.2 Å². The highest BCUT2D eigenvalue weighted by Gasteiger charge is 2.24. The fourth-order valence-corrected chi connectivity index (χ4v) is 7.77. The monoisotopic (exact) mass is 598 g/mol. The summed E-state index contributed by atoms with van der Waals surface area (Å²) in [6.45, 7) is 0. The Kier molecular flexibility index (Phi) is 5.32. The molecule has 0 spiro atoms. The maximum absolute atomic E-state index is 10.7. The van der Waals surface area contributed by atoms with Gasteiger partial charge in [0.05, 0.1) is 44.7 Å². The summed E-state index contributed by atoms with van der Waals surface area (Å²) in [6, 6.07) is 58.2. The molecule has 0 aliphatic heterocycles. The highest BCUT2D eigenvalue weighted by Crippen LogP contribution is 2.44. The van der Waals surface area contributed by atoms with Gasteiger partial charge in [-0.2, -0.15) is 5.26 Å². The van der Waals surface area contributed by atoms with Crippen LogP contribution < -0.4 is 0 Å². The smallest absolute Gasteiger partial charge is 0.0999 e. The second-order valence-electron chi connectivity index (χ2n) is 12.1. The fourth-order valence-electron chi connectivity index (χ4n) is 7.77. The van der Waals surface area contributed by atoms with Gasteiger partial charge < -0.3 is 13.7 Å². The molecule has 0 saturated carbocycles. The molecule has 0 radical (unpaired) electrons. The number of hydrogen-bond acceptors (Lipinski definition) is 1. The summed E-state index contributed by atoms with van der Waals surface area (Å²) in [6.07, 6.45) is 0. The average Bonchev–Trinajstić information content (AvgIpc) is 3.77. The van der Waals surface area contributed by atoms with E-state index in [0.29, 0.717) is 5.56 Å². The molecule has 0 fully saturated rings. The standard InChI is InChI=1S/C43H26N4/c44-27-28-25-40-42(35-19-9-11-21-37(35)46(40)30-15-5-2-6-16-30)43-41(28)34-18-8-12-22-38(34)47(43)31-23-24-33-32-17-7-10-20-36(32)45(39(33)26-31)29-13-3-1-4-14-29/h1-26H. The van der Waals surface area contributed by atoms with E-state index in [-0.39, 0.29) is 0 Å². The molecule has 3 heterocycles. The van der Waals surface area contributed by atoms with Crippen molar-refractivity contribution < 1.29 is 0 Å². The Labute approximate surface area is 270 Å². The number of aromatic nitrogens is 3. The molecule has 0 bridgehead atoms. The van der Waals surface area contributed by atoms with Gasteiger partial charge in [0.25, 0.3) is 0 Å². The van der Waals surface area contributed by atoms with Crippen LogP contribution in [0.5, 0.6) is 0 Å². The molecule has 10 aromatic rings. The zero-order valence-electron chi connectivity index (χ0n) is 25.3. The number of benzene rings is 7. The van der Waals surface area contributed by atoms with Crippen molar-refractivity contribution in [3.05, 3.63) is 163 Å². The maximum Gasteiger partial charge on any atom is 0.0999 e. The summed E-state index contributed by atoms with van der Waals surface area (Å²) in [7, 11) is 0. The lowest BCUT2D eigenvalue weighted by molar-refractivity contribution is 1.16. The van der Waals surface area contributed by atoms with Gasteiger partial charge in [0.1, 0.15) is 0 Å². The summed E-state index contributed by atoms with van der Waals surface area (Å²) in [5, 5.41) is 17.5. The first-order valence-corrected chi connectivity index (χ1v) is 15.9. The highest BCUT2D eigenvalue weighted by molar-refractivity contribution is 6.27. The number of nitriles is 1. The number of fused-ring (bicyclic) bond motifs is 10. The predicted molar refractivity (Wildman–Crippen MR) is 194 cm³/mol. The molecule has 47 heavy (non-hydrogen) atoms. The summed E-state index contributed by atoms with van der Waals surface area (Å²) < 4.78 is 7.03. The molecular formula is C43H26N4. The molecule has 0 amide bonds. The summed E-state index contributed by atoms with van der Waals surface area (Å²) in [5.74, 6) is 0. The molecule has 0 unspecified atom stereocenters. The number of rotatable bonds is 3. The largest absolute Gasteiger partial charge is 0.309 e. The van der Waals surface area contributed by atoms with Crippen molar-refractivity contribution in [1.82, 2.24) is 13.7 Å². The molecule has 3 aromatic heterocycles. The molecular weight excluding hydrogens is 573 g/mol. The molecule has 0 saturated heterocycles. The third-order valence-electron chi connectivity index (χ3n) is 9.64. The van der Waals surface area contributed by atoms with E-state index in [1.54, 1.807) is 0 Å². The summed E-state index contributed by atoms with van der Waals surface area (Å²) in [5.41, 5.74) is 10.5. The van der Waals surface area contributed by atoms with Gasteiger partial charge in [-0.15, -0.1) is 0 Å². The number of hydrogen-bond donors (Lipinski definition) is 0. The lowest BCUT2D eigenvalue weighted by Crippen LogP contribution is -1.98. The minimum atomic E-state index is 0.668. The van der Waals surface area contributed by atoms with Crippen molar-refractivity contribution in [2.75, 3.05) is 0 Å². The predicted octanol–water partition coefficient (Wildman–Crippen LogP) is 10.8. The molecule has 10 rings (SSSR count). The van der Waals surface area contributed by atoms with Crippen molar-refractivity contribution in [3.8, 4) is 23.1 Å². The first-order chi connectivity index (χ1) is 23.3. The van der Waals surface area contributed by atoms with Crippen LogP contribution >= 0.6 is 0 Å². The van der Waals surface area contributed by atoms with Gasteiger partial charge in [0.2, 0.25) is 0 Å². The Morgan fingerprint density at radius 1 is 0.362 bits per heavy atom. The SMILES string of the molecule is N#Cc1cc2c(c3ccccc3n2-c2ccccc2)c2c1c1ccccc1n2-c1ccc2c3ccccc3n(-c3ccccc3)c2c1. The van der Waals surface area contributed by atoms with Crippen LogP contribution in [-0.2, 0) is 0 Å². The van der Waals surface area contributed by atoms with Crippen LogP contribution in [0, 0.1) is 11.3 Å². The van der Waals surface area contributed by atoms with Gasteiger partial charge in [0.15, 0.2) is 0 Å². The molecule has 0 aliphatic carbocycles. The van der Waals surface area contributed by atoms with Gasteiger partial charge in [0, 0.05) is 49.4 Å². The van der Waals surface area contributed by atoms with Gasteiger partial charge in [-0.25, -0.2) is 0 Å². The van der Waals surface area contributed by atoms with Crippen molar-refractivity contribution in [2.24, 2.45) is 0 Å². The van der Waals surface area contributed by atoms with E-state index in [1.165, 1.54) is 16.3 Å². The van der Waals surface area contributed by atoms with Crippen LogP contribution in [0.15, 0.2) is 158 Å². The van der Waals surface area contributed by atoms with E-state index in [4.69, 9.17) is 0 Å². The van der Waals surface area contributed by atoms with Crippen molar-refractivity contribution in [3.63, 3.8) is 0 Å². The molecule has 4 nitrogen and oxygen atoms in total. The first kappa shape index (κ1) is 25.7. The molecule has 218 valence electrons. The van der Waals surface area contributed by atoms with E-state index in [2.05, 4.69) is 171 Å². The van der Waals surface area contributed by atoms with E-state index >= 15 is 0 Å². The average molecular weight is 599 g/mol. The van der Waals surface area contributed by atoms with Crippen molar-refractivity contribution in [2.45, 2.75) is 0 Å². The molecule has 0 atom stereocenters. The Bertz CT molecular complexity index is 2900. The first-order valence-electron chi connectivity index (χ1n) is 15.9.